The van der Waals surface area contributed by atoms with Gasteiger partial charge >= 0.3 is 0 Å². The standard InChI is InChI=1S/C13H24N4OS/c1-4-17-11(3)12(10-16-17)9-15-13(19)14-7-6-8-18-5-2/h10H,4-9H2,1-3H3,(H2,14,15,19). The van der Waals surface area contributed by atoms with Gasteiger partial charge in [-0.3, -0.25) is 4.68 Å². The molecular formula is C13H24N4OS. The third kappa shape index (κ3) is 5.57. The molecular weight excluding hydrogens is 260 g/mol. The highest BCUT2D eigenvalue weighted by Crippen LogP contribution is 2.06. The first-order chi connectivity index (χ1) is 9.19. The molecule has 0 aromatic carbocycles. The van der Waals surface area contributed by atoms with E-state index in [-0.39, 0.29) is 0 Å². The molecule has 0 fully saturated rings. The molecule has 0 bridgehead atoms. The number of ether oxygens (including phenoxy) is 1. The van der Waals surface area contributed by atoms with Crippen LogP contribution < -0.4 is 10.6 Å². The van der Waals surface area contributed by atoms with Gasteiger partial charge in [-0.15, -0.1) is 0 Å². The van der Waals surface area contributed by atoms with Crippen molar-refractivity contribution in [3.05, 3.63) is 17.5 Å². The summed E-state index contributed by atoms with van der Waals surface area (Å²) in [6.45, 7) is 10.1. The smallest absolute Gasteiger partial charge is 0.166 e. The summed E-state index contributed by atoms with van der Waals surface area (Å²) in [5.74, 6) is 0. The largest absolute Gasteiger partial charge is 0.382 e. The molecule has 1 aromatic heterocycles. The number of aromatic nitrogens is 2. The maximum Gasteiger partial charge on any atom is 0.166 e. The Morgan fingerprint density at radius 2 is 2.21 bits per heavy atom. The predicted octanol–water partition coefficient (Wildman–Crippen LogP) is 1.60. The lowest BCUT2D eigenvalue weighted by atomic mass is 10.2. The van der Waals surface area contributed by atoms with E-state index in [2.05, 4.69) is 29.6 Å². The number of nitrogens with one attached hydrogen (secondary N) is 2. The molecule has 0 aliphatic rings. The molecule has 0 radical (unpaired) electrons. The molecule has 0 aliphatic carbocycles. The monoisotopic (exact) mass is 284 g/mol. The predicted molar refractivity (Wildman–Crippen MR) is 81.2 cm³/mol. The fraction of sp³-hybridized carbons (Fsp3) is 0.692. The second-order valence-electron chi connectivity index (χ2n) is 4.23. The molecule has 108 valence electrons. The van der Waals surface area contributed by atoms with Gasteiger partial charge in [-0.2, -0.15) is 5.10 Å². The van der Waals surface area contributed by atoms with E-state index in [1.165, 1.54) is 11.3 Å². The van der Waals surface area contributed by atoms with Gasteiger partial charge in [0.15, 0.2) is 5.11 Å². The lowest BCUT2D eigenvalue weighted by molar-refractivity contribution is 0.145. The number of hydrogen-bond donors (Lipinski definition) is 2. The van der Waals surface area contributed by atoms with Crippen LogP contribution in [0.3, 0.4) is 0 Å². The van der Waals surface area contributed by atoms with Crippen molar-refractivity contribution in [3.63, 3.8) is 0 Å². The minimum absolute atomic E-state index is 0.681. The van der Waals surface area contributed by atoms with Gasteiger partial charge in [0.1, 0.15) is 0 Å². The number of hydrogen-bond acceptors (Lipinski definition) is 3. The van der Waals surface area contributed by atoms with Crippen LogP contribution in [0.1, 0.15) is 31.5 Å². The van der Waals surface area contributed by atoms with Crippen LogP contribution in [0.15, 0.2) is 6.20 Å². The topological polar surface area (TPSA) is 51.1 Å². The van der Waals surface area contributed by atoms with Crippen LogP contribution in [-0.4, -0.2) is 34.7 Å². The van der Waals surface area contributed by atoms with Crippen LogP contribution >= 0.6 is 12.2 Å². The lowest BCUT2D eigenvalue weighted by Crippen LogP contribution is -2.35. The second-order valence-corrected chi connectivity index (χ2v) is 4.64. The average Bonchev–Trinajstić information content (AvgIpc) is 2.76. The van der Waals surface area contributed by atoms with Crippen molar-refractivity contribution in [2.45, 2.75) is 40.3 Å². The van der Waals surface area contributed by atoms with E-state index >= 15 is 0 Å². The normalized spacial score (nSPS) is 10.5. The Balaban J connectivity index is 2.20. The highest BCUT2D eigenvalue weighted by atomic mass is 32.1. The first kappa shape index (κ1) is 15.9. The zero-order chi connectivity index (χ0) is 14.1. The number of thiocarbonyl (C=S) groups is 1. The first-order valence-corrected chi connectivity index (χ1v) is 7.20. The summed E-state index contributed by atoms with van der Waals surface area (Å²) in [5.41, 5.74) is 2.37. The Morgan fingerprint density at radius 1 is 1.42 bits per heavy atom. The maximum atomic E-state index is 5.26. The number of nitrogens with zero attached hydrogens (tertiary/aromatic N) is 2. The minimum atomic E-state index is 0.681. The molecule has 0 saturated heterocycles. The molecule has 6 heteroatoms. The zero-order valence-corrected chi connectivity index (χ0v) is 12.8. The second kappa shape index (κ2) is 8.87. The van der Waals surface area contributed by atoms with Gasteiger partial charge in [0.05, 0.1) is 6.20 Å². The molecule has 1 rings (SSSR count). The van der Waals surface area contributed by atoms with E-state index in [4.69, 9.17) is 17.0 Å². The Labute approximate surface area is 120 Å². The Hall–Kier alpha value is -1.14. The molecule has 0 aliphatic heterocycles. The fourth-order valence-electron chi connectivity index (χ4n) is 1.74. The van der Waals surface area contributed by atoms with Gasteiger partial charge in [0.25, 0.3) is 0 Å². The number of aryl methyl sites for hydroxylation is 1. The Kier molecular flexibility index (Phi) is 7.43. The van der Waals surface area contributed by atoms with E-state index in [9.17, 15) is 0 Å². The van der Waals surface area contributed by atoms with Crippen molar-refractivity contribution in [1.29, 1.82) is 0 Å². The highest BCUT2D eigenvalue weighted by Gasteiger charge is 2.05. The van der Waals surface area contributed by atoms with Crippen molar-refractivity contribution >= 4 is 17.3 Å². The van der Waals surface area contributed by atoms with Crippen LogP contribution in [0, 0.1) is 6.92 Å². The Morgan fingerprint density at radius 3 is 2.84 bits per heavy atom. The van der Waals surface area contributed by atoms with Crippen molar-refractivity contribution in [2.24, 2.45) is 0 Å². The molecule has 5 nitrogen and oxygen atoms in total. The van der Waals surface area contributed by atoms with Crippen molar-refractivity contribution in [3.8, 4) is 0 Å². The molecule has 0 saturated carbocycles. The van der Waals surface area contributed by atoms with Gasteiger partial charge in [0, 0.05) is 44.1 Å². The van der Waals surface area contributed by atoms with Gasteiger partial charge in [0.2, 0.25) is 0 Å². The van der Waals surface area contributed by atoms with Crippen LogP contribution in [0.4, 0.5) is 0 Å². The SMILES string of the molecule is CCOCCCNC(=S)NCc1cnn(CC)c1C. The first-order valence-electron chi connectivity index (χ1n) is 6.79. The fourth-order valence-corrected chi connectivity index (χ4v) is 1.91. The van der Waals surface area contributed by atoms with Crippen molar-refractivity contribution < 1.29 is 4.74 Å². The highest BCUT2D eigenvalue weighted by molar-refractivity contribution is 7.80. The summed E-state index contributed by atoms with van der Waals surface area (Å²) in [7, 11) is 0. The summed E-state index contributed by atoms with van der Waals surface area (Å²) in [4.78, 5) is 0. The molecule has 19 heavy (non-hydrogen) atoms. The minimum Gasteiger partial charge on any atom is -0.382 e. The summed E-state index contributed by atoms with van der Waals surface area (Å²) in [6.07, 6.45) is 2.85. The molecule has 0 atom stereocenters. The molecule has 0 spiro atoms. The van der Waals surface area contributed by atoms with Gasteiger partial charge in [-0.25, -0.2) is 0 Å². The zero-order valence-electron chi connectivity index (χ0n) is 12.0. The lowest BCUT2D eigenvalue weighted by Gasteiger charge is -2.10. The van der Waals surface area contributed by atoms with E-state index in [1.54, 1.807) is 0 Å². The summed E-state index contributed by atoms with van der Waals surface area (Å²) in [5, 5.41) is 11.3. The van der Waals surface area contributed by atoms with E-state index in [0.29, 0.717) is 11.7 Å². The van der Waals surface area contributed by atoms with E-state index in [1.807, 2.05) is 17.8 Å². The van der Waals surface area contributed by atoms with Gasteiger partial charge < -0.3 is 15.4 Å². The van der Waals surface area contributed by atoms with Gasteiger partial charge in [-0.05, 0) is 39.4 Å². The maximum absolute atomic E-state index is 5.26. The van der Waals surface area contributed by atoms with Crippen LogP contribution in [0.2, 0.25) is 0 Å². The van der Waals surface area contributed by atoms with Crippen molar-refractivity contribution in [1.82, 2.24) is 20.4 Å². The van der Waals surface area contributed by atoms with E-state index < -0.39 is 0 Å². The molecule has 0 unspecified atom stereocenters. The molecule has 1 aromatic rings. The third-order valence-electron chi connectivity index (χ3n) is 2.90. The Bertz CT molecular complexity index is 392. The summed E-state index contributed by atoms with van der Waals surface area (Å²) >= 11 is 5.22. The summed E-state index contributed by atoms with van der Waals surface area (Å²) < 4.78 is 7.24. The quantitative estimate of drug-likeness (QED) is 0.561. The average molecular weight is 284 g/mol. The van der Waals surface area contributed by atoms with Crippen molar-refractivity contribution in [2.75, 3.05) is 19.8 Å². The van der Waals surface area contributed by atoms with Crippen LogP contribution in [0.5, 0.6) is 0 Å². The van der Waals surface area contributed by atoms with Gasteiger partial charge in [-0.1, -0.05) is 0 Å². The van der Waals surface area contributed by atoms with E-state index in [0.717, 1.165) is 32.7 Å². The molecule has 2 N–H and O–H groups in total. The van der Waals surface area contributed by atoms with Crippen LogP contribution in [-0.2, 0) is 17.8 Å². The van der Waals surface area contributed by atoms with Crippen LogP contribution in [0.25, 0.3) is 0 Å². The molecule has 0 amide bonds. The third-order valence-corrected chi connectivity index (χ3v) is 3.19. The number of rotatable bonds is 8. The summed E-state index contributed by atoms with van der Waals surface area (Å²) in [6, 6.07) is 0. The molecule has 1 heterocycles.